The van der Waals surface area contributed by atoms with E-state index in [1.165, 1.54) is 6.07 Å². The molecule has 9 nitrogen and oxygen atoms in total. The molecule has 0 unspecified atom stereocenters. The fourth-order valence-electron chi connectivity index (χ4n) is 4.46. The van der Waals surface area contributed by atoms with Gasteiger partial charge in [-0.25, -0.2) is 9.59 Å². The molecule has 234 valence electrons. The number of ether oxygens (including phenoxy) is 3. The smallest absolute Gasteiger partial charge is 0.408 e. The maximum Gasteiger partial charge on any atom is 0.408 e. The summed E-state index contributed by atoms with van der Waals surface area (Å²) in [4.78, 5) is 39.5. The van der Waals surface area contributed by atoms with E-state index in [2.05, 4.69) is 10.6 Å². The SMILES string of the molecule is CC(C)[C@H](NC(=O)[C@H](Cc1ccc(O)c(OCc2ccccc2)c1)NC(=O)OCc1ccccc1)C(=O)OCc1ccccc1. The van der Waals surface area contributed by atoms with Crippen LogP contribution in [0, 0.1) is 5.92 Å². The van der Waals surface area contributed by atoms with Crippen LogP contribution in [0.1, 0.15) is 36.1 Å². The number of hydrogen-bond acceptors (Lipinski definition) is 7. The number of nitrogens with one attached hydrogen (secondary N) is 2. The molecule has 0 aliphatic carbocycles. The minimum absolute atomic E-state index is 0.0120. The first-order valence-electron chi connectivity index (χ1n) is 14.7. The second-order valence-electron chi connectivity index (χ2n) is 10.9. The largest absolute Gasteiger partial charge is 0.504 e. The highest BCUT2D eigenvalue weighted by atomic mass is 16.5. The standard InChI is InChI=1S/C36H38N2O7/c1-25(2)33(35(41)44-23-27-14-8-4-9-15-27)38-34(40)30(37-36(42)45-24-28-16-10-5-11-17-28)20-29-18-19-31(39)32(21-29)43-22-26-12-6-3-7-13-26/h3-19,21,25,30,33,39H,20,22-24H2,1-2H3,(H,37,42)(H,38,40)/t30-,33-/m0/s1. The summed E-state index contributed by atoms with van der Waals surface area (Å²) in [6.45, 7) is 3.89. The van der Waals surface area contributed by atoms with Gasteiger partial charge in [0.25, 0.3) is 0 Å². The van der Waals surface area contributed by atoms with Gasteiger partial charge in [0.15, 0.2) is 11.5 Å². The molecule has 2 amide bonds. The number of alkyl carbamates (subject to hydrolysis) is 1. The summed E-state index contributed by atoms with van der Waals surface area (Å²) in [5.74, 6) is -1.32. The van der Waals surface area contributed by atoms with Crippen LogP contribution in [0.5, 0.6) is 11.5 Å². The van der Waals surface area contributed by atoms with E-state index in [9.17, 15) is 19.5 Å². The molecule has 0 radical (unpaired) electrons. The van der Waals surface area contributed by atoms with Gasteiger partial charge in [-0.1, -0.05) is 111 Å². The van der Waals surface area contributed by atoms with Crippen molar-refractivity contribution in [2.24, 2.45) is 5.92 Å². The van der Waals surface area contributed by atoms with Crippen LogP contribution in [-0.4, -0.2) is 35.2 Å². The van der Waals surface area contributed by atoms with Gasteiger partial charge in [-0.05, 0) is 40.3 Å². The van der Waals surface area contributed by atoms with E-state index in [-0.39, 0.29) is 43.7 Å². The van der Waals surface area contributed by atoms with Crippen molar-refractivity contribution in [2.45, 2.75) is 52.2 Å². The number of hydrogen-bond donors (Lipinski definition) is 3. The molecule has 0 bridgehead atoms. The van der Waals surface area contributed by atoms with Crippen LogP contribution >= 0.6 is 0 Å². The second kappa shape index (κ2) is 16.5. The van der Waals surface area contributed by atoms with Crippen LogP contribution in [0.2, 0.25) is 0 Å². The molecule has 0 aliphatic rings. The van der Waals surface area contributed by atoms with Gasteiger partial charge in [-0.2, -0.15) is 0 Å². The lowest BCUT2D eigenvalue weighted by Gasteiger charge is -2.25. The lowest BCUT2D eigenvalue weighted by Crippen LogP contribution is -2.54. The first-order valence-corrected chi connectivity index (χ1v) is 14.7. The topological polar surface area (TPSA) is 123 Å². The van der Waals surface area contributed by atoms with Gasteiger partial charge in [0.1, 0.15) is 31.9 Å². The molecule has 3 N–H and O–H groups in total. The zero-order chi connectivity index (χ0) is 32.0. The minimum atomic E-state index is -1.12. The van der Waals surface area contributed by atoms with Gasteiger partial charge in [-0.15, -0.1) is 0 Å². The first kappa shape index (κ1) is 32.6. The lowest BCUT2D eigenvalue weighted by atomic mass is 10.0. The molecule has 0 fully saturated rings. The average molecular weight is 611 g/mol. The first-order chi connectivity index (χ1) is 21.8. The summed E-state index contributed by atoms with van der Waals surface area (Å²) in [5, 5.41) is 15.8. The molecule has 4 aromatic rings. The van der Waals surface area contributed by atoms with Crippen LogP contribution in [-0.2, 0) is 45.3 Å². The third-order valence-corrected chi connectivity index (χ3v) is 6.96. The van der Waals surface area contributed by atoms with Crippen LogP contribution in [0.15, 0.2) is 109 Å². The number of aromatic hydroxyl groups is 1. The van der Waals surface area contributed by atoms with Crippen molar-refractivity contribution in [1.29, 1.82) is 0 Å². The highest BCUT2D eigenvalue weighted by Gasteiger charge is 2.30. The van der Waals surface area contributed by atoms with Crippen LogP contribution in [0.25, 0.3) is 0 Å². The average Bonchev–Trinajstić information content (AvgIpc) is 3.06. The Morgan fingerprint density at radius 3 is 1.76 bits per heavy atom. The maximum absolute atomic E-state index is 13.6. The quantitative estimate of drug-likeness (QED) is 0.157. The molecule has 0 aliphatic heterocycles. The van der Waals surface area contributed by atoms with Crippen LogP contribution in [0.3, 0.4) is 0 Å². The Hall–Kier alpha value is -5.31. The number of carbonyl (C=O) groups excluding carboxylic acids is 3. The summed E-state index contributed by atoms with van der Waals surface area (Å²) in [6, 6.07) is 30.5. The Bertz CT molecular complexity index is 1530. The Kier molecular flexibility index (Phi) is 12.0. The molecule has 4 rings (SSSR count). The van der Waals surface area contributed by atoms with Crippen molar-refractivity contribution >= 4 is 18.0 Å². The molecule has 0 saturated heterocycles. The molecule has 45 heavy (non-hydrogen) atoms. The van der Waals surface area contributed by atoms with E-state index in [1.807, 2.05) is 91.0 Å². The van der Waals surface area contributed by atoms with E-state index < -0.39 is 30.1 Å². The van der Waals surface area contributed by atoms with Crippen LogP contribution < -0.4 is 15.4 Å². The zero-order valence-corrected chi connectivity index (χ0v) is 25.3. The summed E-state index contributed by atoms with van der Waals surface area (Å²) < 4.78 is 16.7. The van der Waals surface area contributed by atoms with E-state index in [1.54, 1.807) is 26.0 Å². The van der Waals surface area contributed by atoms with Crippen molar-refractivity contribution in [1.82, 2.24) is 10.6 Å². The van der Waals surface area contributed by atoms with Crippen molar-refractivity contribution in [3.63, 3.8) is 0 Å². The minimum Gasteiger partial charge on any atom is -0.504 e. The normalized spacial score (nSPS) is 12.1. The van der Waals surface area contributed by atoms with Gasteiger partial charge in [0, 0.05) is 6.42 Å². The summed E-state index contributed by atoms with van der Waals surface area (Å²) in [5.41, 5.74) is 3.12. The fourth-order valence-corrected chi connectivity index (χ4v) is 4.46. The molecule has 0 saturated carbocycles. The molecule has 4 aromatic carbocycles. The predicted molar refractivity (Wildman–Crippen MR) is 169 cm³/mol. The Labute approximate surface area is 263 Å². The number of esters is 1. The van der Waals surface area contributed by atoms with Crippen molar-refractivity contribution in [2.75, 3.05) is 0 Å². The molecule has 9 heteroatoms. The predicted octanol–water partition coefficient (Wildman–Crippen LogP) is 5.69. The molecule has 0 spiro atoms. The van der Waals surface area contributed by atoms with Gasteiger partial charge in [0.05, 0.1) is 0 Å². The third kappa shape index (κ3) is 10.4. The monoisotopic (exact) mass is 610 g/mol. The Morgan fingerprint density at radius 1 is 0.667 bits per heavy atom. The third-order valence-electron chi connectivity index (χ3n) is 6.96. The second-order valence-corrected chi connectivity index (χ2v) is 10.9. The number of phenols is 1. The van der Waals surface area contributed by atoms with Gasteiger partial charge in [0.2, 0.25) is 5.91 Å². The number of amides is 2. The van der Waals surface area contributed by atoms with E-state index in [0.29, 0.717) is 5.56 Å². The Balaban J connectivity index is 1.47. The molecule has 2 atom stereocenters. The number of rotatable bonds is 14. The molecular formula is C36H38N2O7. The van der Waals surface area contributed by atoms with Gasteiger partial charge >= 0.3 is 12.1 Å². The van der Waals surface area contributed by atoms with Crippen molar-refractivity contribution in [3.8, 4) is 11.5 Å². The summed E-state index contributed by atoms with van der Waals surface area (Å²) in [6.07, 6.45) is -0.774. The zero-order valence-electron chi connectivity index (χ0n) is 25.3. The molecular weight excluding hydrogens is 572 g/mol. The summed E-state index contributed by atoms with van der Waals surface area (Å²) in [7, 11) is 0. The number of phenolic OH excluding ortho intramolecular Hbond substituents is 1. The van der Waals surface area contributed by atoms with Gasteiger partial charge in [-0.3, -0.25) is 4.79 Å². The van der Waals surface area contributed by atoms with Gasteiger partial charge < -0.3 is 30.0 Å². The Morgan fingerprint density at radius 2 is 1.20 bits per heavy atom. The van der Waals surface area contributed by atoms with E-state index in [4.69, 9.17) is 14.2 Å². The maximum atomic E-state index is 13.6. The number of carbonyl (C=O) groups is 3. The summed E-state index contributed by atoms with van der Waals surface area (Å²) >= 11 is 0. The van der Waals surface area contributed by atoms with E-state index >= 15 is 0 Å². The lowest BCUT2D eigenvalue weighted by molar-refractivity contribution is -0.150. The molecule has 0 aromatic heterocycles. The number of benzene rings is 4. The molecule has 0 heterocycles. The van der Waals surface area contributed by atoms with Crippen molar-refractivity contribution in [3.05, 3.63) is 131 Å². The van der Waals surface area contributed by atoms with E-state index in [0.717, 1.165) is 16.7 Å². The highest BCUT2D eigenvalue weighted by molar-refractivity contribution is 5.90. The van der Waals surface area contributed by atoms with Crippen LogP contribution in [0.4, 0.5) is 4.79 Å². The van der Waals surface area contributed by atoms with Crippen molar-refractivity contribution < 1.29 is 33.7 Å². The highest BCUT2D eigenvalue weighted by Crippen LogP contribution is 2.28. The fraction of sp³-hybridized carbons (Fsp3) is 0.250.